The molecule has 2 amide bonds. The van der Waals surface area contributed by atoms with Gasteiger partial charge >= 0.3 is 6.03 Å². The molecule has 0 radical (unpaired) electrons. The Morgan fingerprint density at radius 3 is 2.35 bits per heavy atom. The number of aryl methyl sites for hydroxylation is 1. The molecule has 0 bridgehead atoms. The first-order valence-corrected chi connectivity index (χ1v) is 6.85. The fourth-order valence-electron chi connectivity index (χ4n) is 1.92. The molecule has 0 aliphatic carbocycles. The van der Waals surface area contributed by atoms with Crippen LogP contribution in [-0.2, 0) is 6.42 Å². The predicted molar refractivity (Wildman–Crippen MR) is 79.7 cm³/mol. The van der Waals surface area contributed by atoms with Gasteiger partial charge in [-0.3, -0.25) is 0 Å². The number of nitrogens with one attached hydrogen (secondary N) is 2. The Morgan fingerprint density at radius 1 is 1.10 bits per heavy atom. The van der Waals surface area contributed by atoms with Crippen molar-refractivity contribution < 1.29 is 14.3 Å². The number of benzene rings is 1. The van der Waals surface area contributed by atoms with Crippen LogP contribution in [-0.4, -0.2) is 33.3 Å². The number of amides is 2. The molecule has 1 rings (SSSR count). The quantitative estimate of drug-likeness (QED) is 0.805. The van der Waals surface area contributed by atoms with Gasteiger partial charge in [-0.1, -0.05) is 6.92 Å². The molecular weight excluding hydrogens is 256 g/mol. The van der Waals surface area contributed by atoms with E-state index >= 15 is 0 Å². The fraction of sp³-hybridized carbons (Fsp3) is 0.533. The molecule has 5 heteroatoms. The van der Waals surface area contributed by atoms with Crippen molar-refractivity contribution in [1.82, 2.24) is 10.6 Å². The lowest BCUT2D eigenvalue weighted by atomic mass is 10.1. The third-order valence-electron chi connectivity index (χ3n) is 3.01. The number of hydrogen-bond acceptors (Lipinski definition) is 3. The van der Waals surface area contributed by atoms with Crippen molar-refractivity contribution in [3.63, 3.8) is 0 Å². The molecule has 0 saturated heterocycles. The molecule has 5 nitrogen and oxygen atoms in total. The van der Waals surface area contributed by atoms with Crippen LogP contribution in [0.4, 0.5) is 4.79 Å². The van der Waals surface area contributed by atoms with Crippen molar-refractivity contribution in [3.8, 4) is 11.5 Å². The molecule has 0 spiro atoms. The lowest BCUT2D eigenvalue weighted by Crippen LogP contribution is -2.36. The number of urea groups is 1. The molecule has 20 heavy (non-hydrogen) atoms. The topological polar surface area (TPSA) is 59.6 Å². The van der Waals surface area contributed by atoms with Gasteiger partial charge in [0.05, 0.1) is 14.2 Å². The van der Waals surface area contributed by atoms with E-state index in [-0.39, 0.29) is 6.03 Å². The molecule has 0 aromatic heterocycles. The Balaban J connectivity index is 2.60. The van der Waals surface area contributed by atoms with Crippen molar-refractivity contribution in [1.29, 1.82) is 0 Å². The van der Waals surface area contributed by atoms with Gasteiger partial charge in [-0.05, 0) is 43.0 Å². The molecule has 0 aliphatic rings. The Morgan fingerprint density at radius 2 is 1.75 bits per heavy atom. The van der Waals surface area contributed by atoms with Crippen LogP contribution in [0.3, 0.4) is 0 Å². The zero-order valence-electron chi connectivity index (χ0n) is 12.7. The molecule has 0 fully saturated rings. The third-order valence-corrected chi connectivity index (χ3v) is 3.01. The Kier molecular flexibility index (Phi) is 6.70. The van der Waals surface area contributed by atoms with E-state index in [1.54, 1.807) is 14.2 Å². The predicted octanol–water partition coefficient (Wildman–Crippen LogP) is 2.26. The summed E-state index contributed by atoms with van der Waals surface area (Å²) in [4.78, 5) is 11.4. The first-order valence-electron chi connectivity index (χ1n) is 6.85. The Labute approximate surface area is 120 Å². The molecule has 1 aromatic carbocycles. The molecule has 1 aromatic rings. The van der Waals surface area contributed by atoms with Gasteiger partial charge in [-0.2, -0.15) is 0 Å². The average Bonchev–Trinajstić information content (AvgIpc) is 2.46. The van der Waals surface area contributed by atoms with Crippen LogP contribution >= 0.6 is 0 Å². The molecule has 0 heterocycles. The molecule has 112 valence electrons. The lowest BCUT2D eigenvalue weighted by molar-refractivity contribution is 0.241. The SMILES string of the molecule is CCCNC(=O)NCCc1cc(OC)c(C)cc1OC. The van der Waals surface area contributed by atoms with Crippen LogP contribution in [0.5, 0.6) is 11.5 Å². The van der Waals surface area contributed by atoms with Gasteiger partial charge in [0.15, 0.2) is 0 Å². The summed E-state index contributed by atoms with van der Waals surface area (Å²) in [6.07, 6.45) is 1.62. The maximum absolute atomic E-state index is 11.4. The summed E-state index contributed by atoms with van der Waals surface area (Å²) in [5.74, 6) is 1.65. The third kappa shape index (κ3) is 4.64. The second-order valence-electron chi connectivity index (χ2n) is 4.57. The summed E-state index contributed by atoms with van der Waals surface area (Å²) in [5.41, 5.74) is 2.05. The highest BCUT2D eigenvalue weighted by Crippen LogP contribution is 2.28. The van der Waals surface area contributed by atoms with Gasteiger partial charge in [-0.25, -0.2) is 4.79 Å². The van der Waals surface area contributed by atoms with E-state index in [0.717, 1.165) is 29.0 Å². The summed E-state index contributed by atoms with van der Waals surface area (Å²) in [5, 5.41) is 5.60. The zero-order chi connectivity index (χ0) is 15.0. The highest BCUT2D eigenvalue weighted by Gasteiger charge is 2.09. The van der Waals surface area contributed by atoms with Gasteiger partial charge in [0.25, 0.3) is 0 Å². The normalized spacial score (nSPS) is 10.0. The van der Waals surface area contributed by atoms with E-state index in [2.05, 4.69) is 10.6 Å². The van der Waals surface area contributed by atoms with E-state index in [1.165, 1.54) is 0 Å². The Bertz CT molecular complexity index is 447. The highest BCUT2D eigenvalue weighted by molar-refractivity contribution is 5.73. The monoisotopic (exact) mass is 280 g/mol. The van der Waals surface area contributed by atoms with Crippen molar-refractivity contribution >= 4 is 6.03 Å². The highest BCUT2D eigenvalue weighted by atomic mass is 16.5. The number of methoxy groups -OCH3 is 2. The minimum atomic E-state index is -0.134. The Hall–Kier alpha value is -1.91. The largest absolute Gasteiger partial charge is 0.496 e. The fourth-order valence-corrected chi connectivity index (χ4v) is 1.92. The van der Waals surface area contributed by atoms with Crippen LogP contribution in [0, 0.1) is 6.92 Å². The van der Waals surface area contributed by atoms with Gasteiger partial charge in [-0.15, -0.1) is 0 Å². The van der Waals surface area contributed by atoms with Crippen LogP contribution in [0.1, 0.15) is 24.5 Å². The van der Waals surface area contributed by atoms with Gasteiger partial charge < -0.3 is 20.1 Å². The maximum atomic E-state index is 11.4. The van der Waals surface area contributed by atoms with Crippen molar-refractivity contribution in [3.05, 3.63) is 23.3 Å². The summed E-state index contributed by atoms with van der Waals surface area (Å²) < 4.78 is 10.7. The number of ether oxygens (including phenoxy) is 2. The van der Waals surface area contributed by atoms with Crippen LogP contribution < -0.4 is 20.1 Å². The number of rotatable bonds is 7. The van der Waals surface area contributed by atoms with Gasteiger partial charge in [0, 0.05) is 13.1 Å². The van der Waals surface area contributed by atoms with Crippen LogP contribution in [0.15, 0.2) is 12.1 Å². The first-order chi connectivity index (χ1) is 9.62. The van der Waals surface area contributed by atoms with E-state index < -0.39 is 0 Å². The first kappa shape index (κ1) is 16.1. The van der Waals surface area contributed by atoms with E-state index in [1.807, 2.05) is 26.0 Å². The standard InChI is InChI=1S/C15H24N2O3/c1-5-7-16-15(18)17-8-6-12-10-13(19-3)11(2)9-14(12)20-4/h9-10H,5-8H2,1-4H3,(H2,16,17,18). The van der Waals surface area contributed by atoms with Gasteiger partial charge in [0.2, 0.25) is 0 Å². The average molecular weight is 280 g/mol. The molecule has 0 aliphatic heterocycles. The van der Waals surface area contributed by atoms with Gasteiger partial charge in [0.1, 0.15) is 11.5 Å². The second-order valence-corrected chi connectivity index (χ2v) is 4.57. The van der Waals surface area contributed by atoms with Crippen LogP contribution in [0.2, 0.25) is 0 Å². The molecule has 0 unspecified atom stereocenters. The number of carbonyl (C=O) groups excluding carboxylic acids is 1. The second kappa shape index (κ2) is 8.30. The summed E-state index contributed by atoms with van der Waals surface area (Å²) in [6.45, 7) is 5.23. The number of carbonyl (C=O) groups is 1. The zero-order valence-corrected chi connectivity index (χ0v) is 12.7. The summed E-state index contributed by atoms with van der Waals surface area (Å²) >= 11 is 0. The maximum Gasteiger partial charge on any atom is 0.314 e. The van der Waals surface area contributed by atoms with Crippen molar-refractivity contribution in [2.24, 2.45) is 0 Å². The van der Waals surface area contributed by atoms with Crippen molar-refractivity contribution in [2.75, 3.05) is 27.3 Å². The molecule has 0 atom stereocenters. The lowest BCUT2D eigenvalue weighted by Gasteiger charge is -2.13. The summed E-state index contributed by atoms with van der Waals surface area (Å²) in [6, 6.07) is 3.77. The van der Waals surface area contributed by atoms with E-state index in [0.29, 0.717) is 19.5 Å². The van der Waals surface area contributed by atoms with Crippen molar-refractivity contribution in [2.45, 2.75) is 26.7 Å². The number of hydrogen-bond donors (Lipinski definition) is 2. The summed E-state index contributed by atoms with van der Waals surface area (Å²) in [7, 11) is 3.29. The van der Waals surface area contributed by atoms with E-state index in [4.69, 9.17) is 9.47 Å². The van der Waals surface area contributed by atoms with E-state index in [9.17, 15) is 4.79 Å². The molecular formula is C15H24N2O3. The molecule has 0 saturated carbocycles. The minimum absolute atomic E-state index is 0.134. The molecule has 2 N–H and O–H groups in total. The minimum Gasteiger partial charge on any atom is -0.496 e. The smallest absolute Gasteiger partial charge is 0.314 e. The van der Waals surface area contributed by atoms with Crippen LogP contribution in [0.25, 0.3) is 0 Å².